The molecule has 2 bridgehead atoms. The van der Waals surface area contributed by atoms with Crippen molar-refractivity contribution < 1.29 is 9.53 Å². The van der Waals surface area contributed by atoms with Crippen molar-refractivity contribution in [1.29, 1.82) is 0 Å². The minimum absolute atomic E-state index is 0.179. The van der Waals surface area contributed by atoms with Crippen LogP contribution in [-0.2, 0) is 4.74 Å². The summed E-state index contributed by atoms with van der Waals surface area (Å²) in [4.78, 5) is 13.9. The highest BCUT2D eigenvalue weighted by Gasteiger charge is 2.43. The molecule has 1 aliphatic heterocycles. The number of piperidine rings is 1. The zero-order chi connectivity index (χ0) is 12.6. The lowest BCUT2D eigenvalue weighted by atomic mass is 9.93. The molecule has 1 N–H and O–H groups in total. The van der Waals surface area contributed by atoms with Crippen LogP contribution in [0.25, 0.3) is 0 Å². The number of amides is 1. The van der Waals surface area contributed by atoms with Gasteiger partial charge in [0.1, 0.15) is 5.60 Å². The Morgan fingerprint density at radius 3 is 2.24 bits per heavy atom. The van der Waals surface area contributed by atoms with E-state index >= 15 is 0 Å². The number of ether oxygens (including phenoxy) is 1. The summed E-state index contributed by atoms with van der Waals surface area (Å²) in [5, 5.41) is 3.44. The predicted octanol–water partition coefficient (Wildman–Crippen LogP) is 1.85. The Labute approximate surface area is 104 Å². The molecule has 2 atom stereocenters. The second-order valence-electron chi connectivity index (χ2n) is 6.34. The molecule has 4 heteroatoms. The lowest BCUT2D eigenvalue weighted by molar-refractivity contribution is 0.0112. The summed E-state index contributed by atoms with van der Waals surface area (Å²) in [5.41, 5.74) is -0.405. The Morgan fingerprint density at radius 2 is 1.76 bits per heavy atom. The topological polar surface area (TPSA) is 41.6 Å². The van der Waals surface area contributed by atoms with Gasteiger partial charge >= 0.3 is 6.09 Å². The van der Waals surface area contributed by atoms with Gasteiger partial charge in [0.2, 0.25) is 0 Å². The molecule has 0 aromatic heterocycles. The summed E-state index contributed by atoms with van der Waals surface area (Å²) in [6.45, 7) is 7.81. The molecule has 1 amide bonds. The van der Waals surface area contributed by atoms with E-state index in [2.05, 4.69) is 5.32 Å². The third-order valence-corrected chi connectivity index (χ3v) is 3.82. The maximum Gasteiger partial charge on any atom is 0.410 e. The van der Waals surface area contributed by atoms with Gasteiger partial charge in [-0.1, -0.05) is 0 Å². The molecule has 0 aromatic rings. The van der Waals surface area contributed by atoms with Crippen molar-refractivity contribution in [2.24, 2.45) is 11.8 Å². The van der Waals surface area contributed by atoms with Gasteiger partial charge in [-0.15, -0.1) is 0 Å². The number of rotatable bonds is 1. The average molecular weight is 240 g/mol. The number of fused-ring (bicyclic) bond motifs is 2. The van der Waals surface area contributed by atoms with Crippen LogP contribution in [0.3, 0.4) is 0 Å². The molecule has 17 heavy (non-hydrogen) atoms. The summed E-state index contributed by atoms with van der Waals surface area (Å²) < 4.78 is 5.44. The maximum atomic E-state index is 12.1. The molecule has 0 spiro atoms. The zero-order valence-electron chi connectivity index (χ0n) is 11.3. The quantitative estimate of drug-likeness (QED) is 0.760. The van der Waals surface area contributed by atoms with E-state index in [0.717, 1.165) is 13.1 Å². The fourth-order valence-electron chi connectivity index (χ4n) is 3.14. The summed E-state index contributed by atoms with van der Waals surface area (Å²) in [5.74, 6) is 1.21. The average Bonchev–Trinajstić information content (AvgIpc) is 2.44. The highest BCUT2D eigenvalue weighted by Crippen LogP contribution is 2.37. The summed E-state index contributed by atoms with van der Waals surface area (Å²) in [6, 6.07) is 0.367. The monoisotopic (exact) mass is 240 g/mol. The molecule has 0 radical (unpaired) electrons. The van der Waals surface area contributed by atoms with E-state index in [9.17, 15) is 4.79 Å². The fraction of sp³-hybridized carbons (Fsp3) is 0.923. The van der Waals surface area contributed by atoms with Gasteiger partial charge in [-0.3, -0.25) is 0 Å². The molecule has 98 valence electrons. The van der Waals surface area contributed by atoms with E-state index in [1.165, 1.54) is 12.8 Å². The van der Waals surface area contributed by atoms with Gasteiger partial charge in [-0.2, -0.15) is 0 Å². The number of hydrogen-bond donors (Lipinski definition) is 1. The van der Waals surface area contributed by atoms with Gasteiger partial charge in [0.05, 0.1) is 0 Å². The Kier molecular flexibility index (Phi) is 3.34. The molecular weight excluding hydrogens is 216 g/mol. The van der Waals surface area contributed by atoms with Crippen molar-refractivity contribution in [3.05, 3.63) is 0 Å². The molecule has 4 nitrogen and oxygen atoms in total. The SMILES string of the molecule is CN(C(=O)OC(C)(C)C)C1C2CCC1CNC2. The van der Waals surface area contributed by atoms with Crippen LogP contribution in [0.4, 0.5) is 4.79 Å². The van der Waals surface area contributed by atoms with Crippen LogP contribution in [0.15, 0.2) is 0 Å². The highest BCUT2D eigenvalue weighted by atomic mass is 16.6. The molecule has 2 rings (SSSR count). The normalized spacial score (nSPS) is 32.4. The summed E-state index contributed by atoms with van der Waals surface area (Å²) in [7, 11) is 1.88. The molecular formula is C13H24N2O2. The van der Waals surface area contributed by atoms with Gasteiger partial charge in [-0.05, 0) is 58.5 Å². The van der Waals surface area contributed by atoms with E-state index in [4.69, 9.17) is 4.74 Å². The predicted molar refractivity (Wildman–Crippen MR) is 66.9 cm³/mol. The zero-order valence-corrected chi connectivity index (χ0v) is 11.3. The number of carbonyl (C=O) groups excluding carboxylic acids is 1. The van der Waals surface area contributed by atoms with Gasteiger partial charge < -0.3 is 15.0 Å². The summed E-state index contributed by atoms with van der Waals surface area (Å²) >= 11 is 0. The Balaban J connectivity index is 2.00. The van der Waals surface area contributed by atoms with Crippen LogP contribution in [-0.4, -0.2) is 42.8 Å². The Morgan fingerprint density at radius 1 is 1.24 bits per heavy atom. The van der Waals surface area contributed by atoms with E-state index in [1.54, 1.807) is 0 Å². The molecule has 0 aromatic carbocycles. The highest BCUT2D eigenvalue weighted by molar-refractivity contribution is 5.68. The van der Waals surface area contributed by atoms with Gasteiger partial charge in [0, 0.05) is 13.1 Å². The first-order chi connectivity index (χ1) is 7.88. The van der Waals surface area contributed by atoms with Crippen LogP contribution in [0, 0.1) is 11.8 Å². The first-order valence-corrected chi connectivity index (χ1v) is 6.55. The van der Waals surface area contributed by atoms with Crippen molar-refractivity contribution in [1.82, 2.24) is 10.2 Å². The largest absolute Gasteiger partial charge is 0.444 e. The van der Waals surface area contributed by atoms with Crippen molar-refractivity contribution in [3.63, 3.8) is 0 Å². The summed E-state index contributed by atoms with van der Waals surface area (Å²) in [6.07, 6.45) is 2.28. The van der Waals surface area contributed by atoms with Crippen molar-refractivity contribution in [3.8, 4) is 0 Å². The number of nitrogens with one attached hydrogen (secondary N) is 1. The van der Waals surface area contributed by atoms with Crippen LogP contribution >= 0.6 is 0 Å². The fourth-order valence-corrected chi connectivity index (χ4v) is 3.14. The molecule has 2 aliphatic rings. The van der Waals surface area contributed by atoms with E-state index in [0.29, 0.717) is 17.9 Å². The lowest BCUT2D eigenvalue weighted by Gasteiger charge is -2.38. The van der Waals surface area contributed by atoms with Crippen molar-refractivity contribution in [2.45, 2.75) is 45.3 Å². The molecule has 1 saturated carbocycles. The van der Waals surface area contributed by atoms with Crippen LogP contribution in [0.5, 0.6) is 0 Å². The Bertz CT molecular complexity index is 282. The van der Waals surface area contributed by atoms with E-state index < -0.39 is 5.60 Å². The van der Waals surface area contributed by atoms with Crippen molar-refractivity contribution in [2.75, 3.05) is 20.1 Å². The smallest absolute Gasteiger partial charge is 0.410 e. The minimum Gasteiger partial charge on any atom is -0.444 e. The maximum absolute atomic E-state index is 12.1. The van der Waals surface area contributed by atoms with Crippen LogP contribution in [0.1, 0.15) is 33.6 Å². The van der Waals surface area contributed by atoms with Crippen molar-refractivity contribution >= 4 is 6.09 Å². The first-order valence-electron chi connectivity index (χ1n) is 6.55. The number of nitrogens with zero attached hydrogens (tertiary/aromatic N) is 1. The molecule has 1 heterocycles. The first kappa shape index (κ1) is 12.7. The second kappa shape index (κ2) is 4.48. The minimum atomic E-state index is -0.405. The Hall–Kier alpha value is -0.770. The molecule has 1 saturated heterocycles. The van der Waals surface area contributed by atoms with Gasteiger partial charge in [-0.25, -0.2) is 4.79 Å². The number of hydrogen-bond acceptors (Lipinski definition) is 3. The van der Waals surface area contributed by atoms with Gasteiger partial charge in [0.25, 0.3) is 0 Å². The molecule has 2 unspecified atom stereocenters. The number of carbonyl (C=O) groups is 1. The molecule has 2 fully saturated rings. The standard InChI is InChI=1S/C13H24N2O2/c1-13(2,3)17-12(16)15(4)11-9-5-6-10(11)8-14-7-9/h9-11,14H,5-8H2,1-4H3. The third kappa shape index (κ3) is 2.73. The second-order valence-corrected chi connectivity index (χ2v) is 6.34. The van der Waals surface area contributed by atoms with E-state index in [-0.39, 0.29) is 6.09 Å². The lowest BCUT2D eigenvalue weighted by Crippen LogP contribution is -2.52. The van der Waals surface area contributed by atoms with Crippen LogP contribution < -0.4 is 5.32 Å². The van der Waals surface area contributed by atoms with Gasteiger partial charge in [0.15, 0.2) is 0 Å². The van der Waals surface area contributed by atoms with Crippen LogP contribution in [0.2, 0.25) is 0 Å². The van der Waals surface area contributed by atoms with E-state index in [1.807, 2.05) is 32.7 Å². The molecule has 1 aliphatic carbocycles. The third-order valence-electron chi connectivity index (χ3n) is 3.82.